The molecule has 148 valence electrons. The van der Waals surface area contributed by atoms with Gasteiger partial charge >= 0.3 is 0 Å². The van der Waals surface area contributed by atoms with Crippen LogP contribution in [0.15, 0.2) is 70.8 Å². The van der Waals surface area contributed by atoms with Crippen molar-refractivity contribution in [3.63, 3.8) is 0 Å². The van der Waals surface area contributed by atoms with Crippen LogP contribution in [-0.4, -0.2) is 20.2 Å². The molecule has 6 rings (SSSR count). The van der Waals surface area contributed by atoms with Crippen molar-refractivity contribution in [2.45, 2.75) is 31.7 Å². The number of hydrogen-bond donors (Lipinski definition) is 0. The SMILES string of the molecule is C[C@H]1N=C(c2ccccc2Cl)c2cc(C3CC3)ccc2-n2cnc(-c3cnco3)c21. The van der Waals surface area contributed by atoms with E-state index >= 15 is 0 Å². The van der Waals surface area contributed by atoms with Gasteiger partial charge < -0.3 is 4.42 Å². The Morgan fingerprint density at radius 3 is 2.73 bits per heavy atom. The van der Waals surface area contributed by atoms with Crippen LogP contribution < -0.4 is 0 Å². The molecule has 1 aliphatic heterocycles. The Morgan fingerprint density at radius 1 is 1.10 bits per heavy atom. The summed E-state index contributed by atoms with van der Waals surface area (Å²) in [6.45, 7) is 2.08. The van der Waals surface area contributed by atoms with E-state index in [4.69, 9.17) is 21.0 Å². The van der Waals surface area contributed by atoms with Crippen LogP contribution in [0.3, 0.4) is 0 Å². The highest BCUT2D eigenvalue weighted by molar-refractivity contribution is 6.35. The zero-order chi connectivity index (χ0) is 20.2. The minimum Gasteiger partial charge on any atom is -0.442 e. The molecule has 0 saturated heterocycles. The molecule has 1 saturated carbocycles. The maximum Gasteiger partial charge on any atom is 0.181 e. The zero-order valence-corrected chi connectivity index (χ0v) is 17.2. The molecule has 2 aromatic carbocycles. The molecule has 6 heteroatoms. The number of fused-ring (bicyclic) bond motifs is 3. The van der Waals surface area contributed by atoms with Crippen LogP contribution in [0.4, 0.5) is 0 Å². The number of nitrogens with zero attached hydrogens (tertiary/aromatic N) is 4. The molecule has 5 nitrogen and oxygen atoms in total. The van der Waals surface area contributed by atoms with Gasteiger partial charge in [-0.2, -0.15) is 0 Å². The maximum atomic E-state index is 6.61. The maximum absolute atomic E-state index is 6.61. The lowest BCUT2D eigenvalue weighted by Crippen LogP contribution is -2.08. The molecule has 0 bridgehead atoms. The van der Waals surface area contributed by atoms with Gasteiger partial charge in [-0.05, 0) is 49.4 Å². The zero-order valence-electron chi connectivity index (χ0n) is 16.4. The first kappa shape index (κ1) is 17.7. The number of rotatable bonds is 3. The number of aromatic nitrogens is 3. The van der Waals surface area contributed by atoms with Crippen molar-refractivity contribution in [1.82, 2.24) is 14.5 Å². The van der Waals surface area contributed by atoms with Crippen LogP contribution in [0.1, 0.15) is 54.1 Å². The lowest BCUT2D eigenvalue weighted by molar-refractivity contribution is 0.568. The third-order valence-corrected chi connectivity index (χ3v) is 6.23. The van der Waals surface area contributed by atoms with Gasteiger partial charge in [0, 0.05) is 16.1 Å². The Hall–Kier alpha value is -3.18. The molecule has 2 aromatic heterocycles. The van der Waals surface area contributed by atoms with E-state index in [0.717, 1.165) is 33.9 Å². The number of halogens is 1. The third kappa shape index (κ3) is 2.73. The van der Waals surface area contributed by atoms with Crippen molar-refractivity contribution in [1.29, 1.82) is 0 Å². The molecule has 0 amide bonds. The van der Waals surface area contributed by atoms with Crippen LogP contribution in [0.5, 0.6) is 0 Å². The Labute approximate surface area is 179 Å². The molecule has 1 aliphatic carbocycles. The highest BCUT2D eigenvalue weighted by atomic mass is 35.5. The summed E-state index contributed by atoms with van der Waals surface area (Å²) in [7, 11) is 0. The molecule has 1 atom stereocenters. The van der Waals surface area contributed by atoms with Gasteiger partial charge in [-0.1, -0.05) is 35.9 Å². The van der Waals surface area contributed by atoms with Gasteiger partial charge in [0.15, 0.2) is 12.2 Å². The van der Waals surface area contributed by atoms with Crippen molar-refractivity contribution in [3.8, 4) is 17.1 Å². The molecule has 2 aliphatic rings. The van der Waals surface area contributed by atoms with Crippen LogP contribution in [0.25, 0.3) is 17.1 Å². The molecule has 3 heterocycles. The van der Waals surface area contributed by atoms with E-state index in [-0.39, 0.29) is 6.04 Å². The summed E-state index contributed by atoms with van der Waals surface area (Å²) >= 11 is 6.61. The molecule has 30 heavy (non-hydrogen) atoms. The fraction of sp³-hybridized carbons (Fsp3) is 0.208. The number of imidazole rings is 1. The van der Waals surface area contributed by atoms with Crippen molar-refractivity contribution in [2.24, 2.45) is 4.99 Å². The summed E-state index contributed by atoms with van der Waals surface area (Å²) in [4.78, 5) is 13.9. The predicted molar refractivity (Wildman–Crippen MR) is 117 cm³/mol. The van der Waals surface area contributed by atoms with Crippen LogP contribution in [0, 0.1) is 0 Å². The highest BCUT2D eigenvalue weighted by Gasteiger charge is 2.30. The number of hydrogen-bond acceptors (Lipinski definition) is 4. The summed E-state index contributed by atoms with van der Waals surface area (Å²) < 4.78 is 7.68. The van der Waals surface area contributed by atoms with Gasteiger partial charge in [-0.25, -0.2) is 9.97 Å². The second-order valence-electron chi connectivity index (χ2n) is 7.90. The van der Waals surface area contributed by atoms with Gasteiger partial charge in [0.05, 0.1) is 29.3 Å². The first-order valence-corrected chi connectivity index (χ1v) is 10.5. The largest absolute Gasteiger partial charge is 0.442 e. The van der Waals surface area contributed by atoms with Crippen LogP contribution in [0.2, 0.25) is 5.02 Å². The van der Waals surface area contributed by atoms with Crippen LogP contribution >= 0.6 is 11.6 Å². The molecule has 0 spiro atoms. The van der Waals surface area contributed by atoms with Crippen molar-refractivity contribution >= 4 is 17.3 Å². The summed E-state index contributed by atoms with van der Waals surface area (Å²) in [5, 5.41) is 0.700. The fourth-order valence-corrected chi connectivity index (χ4v) is 4.51. The molecule has 0 radical (unpaired) electrons. The summed E-state index contributed by atoms with van der Waals surface area (Å²) in [6, 6.07) is 14.5. The number of oxazole rings is 1. The monoisotopic (exact) mass is 414 g/mol. The Bertz CT molecular complexity index is 1280. The topological polar surface area (TPSA) is 56.2 Å². The van der Waals surface area contributed by atoms with E-state index < -0.39 is 0 Å². The first-order chi connectivity index (χ1) is 14.7. The van der Waals surface area contributed by atoms with Crippen LogP contribution in [-0.2, 0) is 0 Å². The molecular formula is C24H19ClN4O. The quantitative estimate of drug-likeness (QED) is 0.415. The van der Waals surface area contributed by atoms with E-state index in [1.807, 2.05) is 30.6 Å². The molecule has 1 fully saturated rings. The summed E-state index contributed by atoms with van der Waals surface area (Å²) in [6.07, 6.45) is 7.47. The minimum atomic E-state index is -0.143. The predicted octanol–water partition coefficient (Wildman–Crippen LogP) is 5.97. The lowest BCUT2D eigenvalue weighted by atomic mass is 9.97. The minimum absolute atomic E-state index is 0.143. The molecule has 0 N–H and O–H groups in total. The van der Waals surface area contributed by atoms with E-state index in [1.165, 1.54) is 24.8 Å². The van der Waals surface area contributed by atoms with Gasteiger partial charge in [0.2, 0.25) is 0 Å². The van der Waals surface area contributed by atoms with E-state index in [0.29, 0.717) is 16.7 Å². The van der Waals surface area contributed by atoms with Crippen molar-refractivity contribution in [2.75, 3.05) is 0 Å². The average Bonchev–Trinajstić information content (AvgIpc) is 3.31. The Morgan fingerprint density at radius 2 is 1.97 bits per heavy atom. The smallest absolute Gasteiger partial charge is 0.181 e. The normalized spacial score (nSPS) is 17.8. The highest BCUT2D eigenvalue weighted by Crippen LogP contribution is 2.43. The Kier molecular flexibility index (Phi) is 3.93. The molecule has 4 aromatic rings. The number of benzene rings is 2. The fourth-order valence-electron chi connectivity index (χ4n) is 4.29. The van der Waals surface area contributed by atoms with Crippen molar-refractivity contribution in [3.05, 3.63) is 88.8 Å². The van der Waals surface area contributed by atoms with Gasteiger partial charge in [0.1, 0.15) is 12.0 Å². The van der Waals surface area contributed by atoms with Gasteiger partial charge in [0.25, 0.3) is 0 Å². The average molecular weight is 415 g/mol. The third-order valence-electron chi connectivity index (χ3n) is 5.90. The van der Waals surface area contributed by atoms with Gasteiger partial charge in [-0.15, -0.1) is 0 Å². The summed E-state index contributed by atoms with van der Waals surface area (Å²) in [5.41, 5.74) is 7.10. The second-order valence-corrected chi connectivity index (χ2v) is 8.31. The Balaban J connectivity index is 1.63. The summed E-state index contributed by atoms with van der Waals surface area (Å²) in [5.74, 6) is 1.29. The molecular weight excluding hydrogens is 396 g/mol. The number of aliphatic imine (C=N–C) groups is 1. The van der Waals surface area contributed by atoms with E-state index in [1.54, 1.807) is 6.20 Å². The van der Waals surface area contributed by atoms with Gasteiger partial charge in [-0.3, -0.25) is 9.56 Å². The standard InChI is InChI=1S/C24H19ClN4O/c1-14-24-23(21-11-26-13-30-21)27-12-29(24)20-9-8-16(15-6-7-15)10-18(20)22(28-14)17-4-2-3-5-19(17)25/h2-5,8-15H,6-7H2,1H3/t14-/m1/s1. The second kappa shape index (κ2) is 6.67. The molecule has 0 unspecified atom stereocenters. The van der Waals surface area contributed by atoms with E-state index in [2.05, 4.69) is 39.7 Å². The lowest BCUT2D eigenvalue weighted by Gasteiger charge is -2.14. The first-order valence-electron chi connectivity index (χ1n) is 10.1. The van der Waals surface area contributed by atoms with E-state index in [9.17, 15) is 0 Å². The van der Waals surface area contributed by atoms with Crippen molar-refractivity contribution < 1.29 is 4.42 Å².